The fourth-order valence-corrected chi connectivity index (χ4v) is 3.94. The van der Waals surface area contributed by atoms with Gasteiger partial charge in [0.05, 0.1) is 18.1 Å². The lowest BCUT2D eigenvalue weighted by molar-refractivity contribution is 0.0303. The molecule has 0 atom stereocenters. The summed E-state index contributed by atoms with van der Waals surface area (Å²) in [7, 11) is -1.84. The van der Waals surface area contributed by atoms with E-state index < -0.39 is 10.0 Å². The number of ether oxygens (including phenoxy) is 1. The highest BCUT2D eigenvalue weighted by molar-refractivity contribution is 7.89. The zero-order valence-corrected chi connectivity index (χ0v) is 13.4. The second-order valence-corrected chi connectivity index (χ2v) is 7.68. The van der Waals surface area contributed by atoms with Crippen molar-refractivity contribution in [1.29, 1.82) is 0 Å². The van der Waals surface area contributed by atoms with Crippen molar-refractivity contribution in [3.05, 3.63) is 29.8 Å². The van der Waals surface area contributed by atoms with Gasteiger partial charge in [-0.05, 0) is 37.1 Å². The van der Waals surface area contributed by atoms with Crippen LogP contribution in [0.2, 0.25) is 0 Å². The molecule has 1 aliphatic carbocycles. The monoisotopic (exact) mass is 324 g/mol. The van der Waals surface area contributed by atoms with Crippen LogP contribution in [-0.4, -0.2) is 62.9 Å². The van der Waals surface area contributed by atoms with Gasteiger partial charge in [0.25, 0.3) is 5.91 Å². The van der Waals surface area contributed by atoms with Gasteiger partial charge >= 0.3 is 0 Å². The summed E-state index contributed by atoms with van der Waals surface area (Å²) in [5, 5.41) is 0. The van der Waals surface area contributed by atoms with Crippen molar-refractivity contribution in [2.45, 2.75) is 23.8 Å². The Morgan fingerprint density at radius 3 is 2.32 bits per heavy atom. The van der Waals surface area contributed by atoms with E-state index in [1.807, 2.05) is 0 Å². The number of morpholine rings is 1. The second-order valence-electron chi connectivity index (χ2n) is 5.68. The van der Waals surface area contributed by atoms with Crippen molar-refractivity contribution in [2.24, 2.45) is 0 Å². The smallest absolute Gasteiger partial charge is 0.254 e. The molecule has 1 saturated carbocycles. The molecule has 120 valence electrons. The average Bonchev–Trinajstić information content (AvgIpc) is 3.39. The Hall–Kier alpha value is -1.44. The summed E-state index contributed by atoms with van der Waals surface area (Å²) in [6, 6.07) is 6.33. The number of carbonyl (C=O) groups is 1. The Labute approximate surface area is 130 Å². The van der Waals surface area contributed by atoms with Crippen molar-refractivity contribution >= 4 is 15.9 Å². The van der Waals surface area contributed by atoms with Crippen molar-refractivity contribution in [2.75, 3.05) is 33.4 Å². The molecule has 1 aromatic rings. The normalized spacial score (nSPS) is 19.5. The van der Waals surface area contributed by atoms with Crippen molar-refractivity contribution in [3.8, 4) is 0 Å². The molecular formula is C15H20N2O4S. The number of benzene rings is 1. The van der Waals surface area contributed by atoms with Gasteiger partial charge in [-0.3, -0.25) is 4.79 Å². The van der Waals surface area contributed by atoms with E-state index in [4.69, 9.17) is 4.74 Å². The predicted molar refractivity (Wildman–Crippen MR) is 81.1 cm³/mol. The van der Waals surface area contributed by atoms with Gasteiger partial charge in [0.1, 0.15) is 0 Å². The number of hydrogen-bond acceptors (Lipinski definition) is 4. The average molecular weight is 324 g/mol. The lowest BCUT2D eigenvalue weighted by Gasteiger charge is -2.27. The van der Waals surface area contributed by atoms with Crippen LogP contribution < -0.4 is 0 Å². The van der Waals surface area contributed by atoms with Crippen LogP contribution in [0.4, 0.5) is 0 Å². The first kappa shape index (κ1) is 15.5. The zero-order chi connectivity index (χ0) is 15.7. The van der Waals surface area contributed by atoms with Gasteiger partial charge in [0, 0.05) is 31.7 Å². The minimum Gasteiger partial charge on any atom is -0.378 e. The van der Waals surface area contributed by atoms with E-state index >= 15 is 0 Å². The molecule has 2 fully saturated rings. The van der Waals surface area contributed by atoms with Gasteiger partial charge in [0.2, 0.25) is 10.0 Å². The molecule has 0 aromatic heterocycles. The summed E-state index contributed by atoms with van der Waals surface area (Å²) in [6.07, 6.45) is 1.84. The minimum atomic E-state index is -3.45. The molecule has 1 aliphatic heterocycles. The molecule has 22 heavy (non-hydrogen) atoms. The maximum absolute atomic E-state index is 12.4. The molecule has 0 spiro atoms. The van der Waals surface area contributed by atoms with Gasteiger partial charge < -0.3 is 9.64 Å². The van der Waals surface area contributed by atoms with Crippen LogP contribution in [-0.2, 0) is 14.8 Å². The first-order valence-corrected chi connectivity index (χ1v) is 8.89. The summed E-state index contributed by atoms with van der Waals surface area (Å²) in [5.41, 5.74) is 0.509. The van der Waals surface area contributed by atoms with E-state index in [-0.39, 0.29) is 16.8 Å². The van der Waals surface area contributed by atoms with Crippen LogP contribution in [0, 0.1) is 0 Å². The molecular weight excluding hydrogens is 304 g/mol. The maximum atomic E-state index is 12.4. The zero-order valence-electron chi connectivity index (χ0n) is 12.6. The quantitative estimate of drug-likeness (QED) is 0.827. The molecule has 0 N–H and O–H groups in total. The van der Waals surface area contributed by atoms with Crippen molar-refractivity contribution < 1.29 is 17.9 Å². The van der Waals surface area contributed by atoms with Crippen LogP contribution in [0.3, 0.4) is 0 Å². The van der Waals surface area contributed by atoms with E-state index in [1.54, 1.807) is 24.1 Å². The lowest BCUT2D eigenvalue weighted by Crippen LogP contribution is -2.40. The highest BCUT2D eigenvalue weighted by Crippen LogP contribution is 2.30. The number of rotatable bonds is 4. The topological polar surface area (TPSA) is 66.9 Å². The Bertz CT molecular complexity index is 647. The molecule has 1 saturated heterocycles. The highest BCUT2D eigenvalue weighted by Gasteiger charge is 2.35. The summed E-state index contributed by atoms with van der Waals surface area (Å²) in [5.74, 6) is -0.0807. The molecule has 6 nitrogen and oxygen atoms in total. The van der Waals surface area contributed by atoms with Gasteiger partial charge in [-0.2, -0.15) is 4.31 Å². The molecule has 7 heteroatoms. The third-order valence-corrected chi connectivity index (χ3v) is 6.06. The fraction of sp³-hybridized carbons (Fsp3) is 0.533. The van der Waals surface area contributed by atoms with Crippen LogP contribution >= 0.6 is 0 Å². The Morgan fingerprint density at radius 1 is 1.18 bits per heavy atom. The molecule has 0 radical (unpaired) electrons. The standard InChI is InChI=1S/C15H20N2O4S/c1-16(13-4-5-13)22(19,20)14-6-2-12(3-7-14)15(18)17-8-10-21-11-9-17/h2-3,6-7,13H,4-5,8-11H2,1H3. The van der Waals surface area contributed by atoms with Crippen LogP contribution in [0.5, 0.6) is 0 Å². The number of amides is 1. The first-order chi connectivity index (χ1) is 10.5. The van der Waals surface area contributed by atoms with Crippen molar-refractivity contribution in [3.63, 3.8) is 0 Å². The van der Waals surface area contributed by atoms with Gasteiger partial charge in [0.15, 0.2) is 0 Å². The summed E-state index contributed by atoms with van der Waals surface area (Å²) >= 11 is 0. The van der Waals surface area contributed by atoms with E-state index in [0.29, 0.717) is 31.9 Å². The molecule has 0 bridgehead atoms. The molecule has 1 heterocycles. The Balaban J connectivity index is 1.76. The fourth-order valence-electron chi connectivity index (χ4n) is 2.52. The summed E-state index contributed by atoms with van der Waals surface area (Å²) in [6.45, 7) is 2.24. The van der Waals surface area contributed by atoms with Gasteiger partial charge in [-0.25, -0.2) is 8.42 Å². The van der Waals surface area contributed by atoms with E-state index in [0.717, 1.165) is 12.8 Å². The van der Waals surface area contributed by atoms with Gasteiger partial charge in [-0.15, -0.1) is 0 Å². The third kappa shape index (κ3) is 3.02. The predicted octanol–water partition coefficient (Wildman–Crippen LogP) is 0.942. The Kier molecular flexibility index (Phi) is 4.20. The van der Waals surface area contributed by atoms with Crippen LogP contribution in [0.1, 0.15) is 23.2 Å². The van der Waals surface area contributed by atoms with Gasteiger partial charge in [-0.1, -0.05) is 0 Å². The van der Waals surface area contributed by atoms with E-state index in [1.165, 1.54) is 16.4 Å². The minimum absolute atomic E-state index is 0.0807. The highest BCUT2D eigenvalue weighted by atomic mass is 32.2. The molecule has 1 aromatic carbocycles. The van der Waals surface area contributed by atoms with Crippen LogP contribution in [0.25, 0.3) is 0 Å². The number of nitrogens with zero attached hydrogens (tertiary/aromatic N) is 2. The maximum Gasteiger partial charge on any atom is 0.254 e. The second kappa shape index (κ2) is 5.98. The largest absolute Gasteiger partial charge is 0.378 e. The number of carbonyl (C=O) groups excluding carboxylic acids is 1. The molecule has 1 amide bonds. The summed E-state index contributed by atoms with van der Waals surface area (Å²) < 4.78 is 31.5. The summed E-state index contributed by atoms with van der Waals surface area (Å²) in [4.78, 5) is 14.3. The van der Waals surface area contributed by atoms with E-state index in [2.05, 4.69) is 0 Å². The Morgan fingerprint density at radius 2 is 1.77 bits per heavy atom. The number of hydrogen-bond donors (Lipinski definition) is 0. The SMILES string of the molecule is CN(C1CC1)S(=O)(=O)c1ccc(C(=O)N2CCOCC2)cc1. The molecule has 0 unspecified atom stereocenters. The molecule has 3 rings (SSSR count). The first-order valence-electron chi connectivity index (χ1n) is 7.45. The third-order valence-electron chi connectivity index (χ3n) is 4.14. The van der Waals surface area contributed by atoms with Crippen LogP contribution in [0.15, 0.2) is 29.2 Å². The van der Waals surface area contributed by atoms with E-state index in [9.17, 15) is 13.2 Å². The van der Waals surface area contributed by atoms with Crippen molar-refractivity contribution in [1.82, 2.24) is 9.21 Å². The lowest BCUT2D eigenvalue weighted by atomic mass is 10.2. The number of sulfonamides is 1. The molecule has 2 aliphatic rings.